The van der Waals surface area contributed by atoms with Crippen LogP contribution in [-0.2, 0) is 0 Å². The molecule has 0 spiro atoms. The molecule has 34 heavy (non-hydrogen) atoms. The van der Waals surface area contributed by atoms with Crippen LogP contribution in [0.15, 0.2) is 66.4 Å². The van der Waals surface area contributed by atoms with Crippen LogP contribution in [0.1, 0.15) is 22.3 Å². The van der Waals surface area contributed by atoms with E-state index in [0.717, 1.165) is 0 Å². The zero-order chi connectivity index (χ0) is 24.3. The third-order valence-corrected chi connectivity index (χ3v) is 11.7. The summed E-state index contributed by atoms with van der Waals surface area (Å²) in [5.74, 6) is 0. The summed E-state index contributed by atoms with van der Waals surface area (Å²) in [5.41, 5.74) is 5.16. The monoisotopic (exact) mass is 736 g/mol. The first-order chi connectivity index (χ1) is 16.1. The van der Waals surface area contributed by atoms with Gasteiger partial charge in [-0.3, -0.25) is 0 Å². The van der Waals surface area contributed by atoms with Crippen LogP contribution in [-0.4, -0.2) is 0 Å². The predicted octanol–water partition coefficient (Wildman–Crippen LogP) is 12.4. The minimum Gasteiger partial charge on any atom is -0.135 e. The number of rotatable bonds is 0. The summed E-state index contributed by atoms with van der Waals surface area (Å²) < 4.78 is 10.1. The van der Waals surface area contributed by atoms with E-state index in [-0.39, 0.29) is 0 Å². The fourth-order valence-corrected chi connectivity index (χ4v) is 8.35. The lowest BCUT2D eigenvalue weighted by atomic mass is 10.1. The minimum atomic E-state index is 1.19. The van der Waals surface area contributed by atoms with Gasteiger partial charge in [0.05, 0.1) is 0 Å². The Labute approximate surface area is 240 Å². The van der Waals surface area contributed by atoms with Gasteiger partial charge < -0.3 is 0 Å². The summed E-state index contributed by atoms with van der Waals surface area (Å²) in [5, 5.41) is 5.45. The zero-order valence-electron chi connectivity index (χ0n) is 18.9. The summed E-state index contributed by atoms with van der Waals surface area (Å²) >= 11 is 18.1. The molecule has 2 aromatic heterocycles. The Balaban J connectivity index is 0.000000142. The van der Waals surface area contributed by atoms with Crippen molar-refractivity contribution in [1.29, 1.82) is 0 Å². The Bertz CT molecular complexity index is 1490. The molecule has 0 aliphatic heterocycles. The van der Waals surface area contributed by atoms with Crippen molar-refractivity contribution >= 4 is 127 Å². The summed E-state index contributed by atoms with van der Waals surface area (Å²) in [7, 11) is 0. The molecule has 0 nitrogen and oxygen atoms in total. The van der Waals surface area contributed by atoms with Gasteiger partial charge in [-0.15, -0.1) is 22.7 Å². The van der Waals surface area contributed by atoms with Crippen molar-refractivity contribution in [2.75, 3.05) is 0 Å². The van der Waals surface area contributed by atoms with Crippen molar-refractivity contribution in [3.63, 3.8) is 0 Å². The Morgan fingerprint density at radius 2 is 0.588 bits per heavy atom. The molecule has 0 bridgehead atoms. The summed E-state index contributed by atoms with van der Waals surface area (Å²) in [6.45, 7) is 8.55. The van der Waals surface area contributed by atoms with Crippen molar-refractivity contribution in [2.24, 2.45) is 0 Å². The van der Waals surface area contributed by atoms with Crippen LogP contribution >= 0.6 is 86.4 Å². The molecular weight excluding hydrogens is 720 g/mol. The van der Waals surface area contributed by atoms with Crippen molar-refractivity contribution in [1.82, 2.24) is 0 Å². The van der Waals surface area contributed by atoms with Crippen LogP contribution < -0.4 is 0 Å². The van der Waals surface area contributed by atoms with E-state index in [0.29, 0.717) is 0 Å². The predicted molar refractivity (Wildman–Crippen MR) is 168 cm³/mol. The van der Waals surface area contributed by atoms with Crippen molar-refractivity contribution < 1.29 is 0 Å². The van der Waals surface area contributed by atoms with Crippen molar-refractivity contribution in [2.45, 2.75) is 27.7 Å². The molecular formula is C28H20Br4S2. The number of halogens is 4. The van der Waals surface area contributed by atoms with E-state index in [4.69, 9.17) is 0 Å². The number of aryl methyl sites for hydroxylation is 4. The molecule has 0 N–H and O–H groups in total. The van der Waals surface area contributed by atoms with Crippen LogP contribution in [0.5, 0.6) is 0 Å². The third kappa shape index (κ3) is 4.55. The van der Waals surface area contributed by atoms with E-state index in [1.807, 2.05) is 22.7 Å². The SMILES string of the molecule is Cc1cc2c(cc1Br)sc1cc(Br)c(C)cc12.Cc1cc2c(cc1Br)sc1cc(Br)c(C)cc12. The molecule has 6 aromatic rings. The van der Waals surface area contributed by atoms with E-state index in [1.165, 1.54) is 80.5 Å². The normalized spacial score (nSPS) is 11.5. The first kappa shape index (κ1) is 24.9. The first-order valence-electron chi connectivity index (χ1n) is 10.7. The molecule has 0 saturated carbocycles. The molecule has 172 valence electrons. The second-order valence-electron chi connectivity index (χ2n) is 8.59. The Hall–Kier alpha value is -0.760. The van der Waals surface area contributed by atoms with Gasteiger partial charge in [-0.05, 0) is 98.5 Å². The molecule has 2 heterocycles. The second-order valence-corrected chi connectivity index (χ2v) is 14.2. The van der Waals surface area contributed by atoms with Gasteiger partial charge in [0.2, 0.25) is 0 Å². The molecule has 0 saturated heterocycles. The Morgan fingerprint density at radius 3 is 0.794 bits per heavy atom. The van der Waals surface area contributed by atoms with Gasteiger partial charge in [-0.1, -0.05) is 63.7 Å². The minimum absolute atomic E-state index is 1.19. The number of benzene rings is 4. The molecule has 0 aliphatic carbocycles. The maximum Gasteiger partial charge on any atom is 0.0366 e. The van der Waals surface area contributed by atoms with E-state index in [1.54, 1.807) is 0 Å². The average molecular weight is 740 g/mol. The summed E-state index contributed by atoms with van der Waals surface area (Å²) in [6, 6.07) is 18.0. The first-order valence-corrected chi connectivity index (χ1v) is 15.5. The number of hydrogen-bond donors (Lipinski definition) is 0. The van der Waals surface area contributed by atoms with Gasteiger partial charge in [0.15, 0.2) is 0 Å². The van der Waals surface area contributed by atoms with Gasteiger partial charge in [0.25, 0.3) is 0 Å². The lowest BCUT2D eigenvalue weighted by Gasteiger charge is -2.00. The summed E-state index contributed by atoms with van der Waals surface area (Å²) in [6.07, 6.45) is 0. The molecule has 0 fully saturated rings. The van der Waals surface area contributed by atoms with Gasteiger partial charge in [-0.2, -0.15) is 0 Å². The van der Waals surface area contributed by atoms with Crippen LogP contribution in [0.4, 0.5) is 0 Å². The fourth-order valence-electron chi connectivity index (χ4n) is 4.07. The van der Waals surface area contributed by atoms with Gasteiger partial charge in [-0.25, -0.2) is 0 Å². The number of hydrogen-bond acceptors (Lipinski definition) is 2. The van der Waals surface area contributed by atoms with E-state index in [2.05, 4.69) is 140 Å². The maximum atomic E-state index is 3.60. The molecule has 0 amide bonds. The van der Waals surface area contributed by atoms with Gasteiger partial charge in [0.1, 0.15) is 0 Å². The van der Waals surface area contributed by atoms with Crippen LogP contribution in [0.3, 0.4) is 0 Å². The molecule has 0 atom stereocenters. The molecule has 0 aliphatic rings. The highest BCUT2D eigenvalue weighted by atomic mass is 79.9. The van der Waals surface area contributed by atoms with Crippen LogP contribution in [0.2, 0.25) is 0 Å². The zero-order valence-corrected chi connectivity index (χ0v) is 26.9. The second kappa shape index (κ2) is 9.60. The van der Waals surface area contributed by atoms with E-state index < -0.39 is 0 Å². The average Bonchev–Trinajstić information content (AvgIpc) is 3.27. The van der Waals surface area contributed by atoms with E-state index >= 15 is 0 Å². The highest BCUT2D eigenvalue weighted by Crippen LogP contribution is 2.40. The third-order valence-electron chi connectivity index (χ3n) is 6.06. The fraction of sp³-hybridized carbons (Fsp3) is 0.143. The molecule has 6 rings (SSSR count). The molecule has 0 radical (unpaired) electrons. The van der Waals surface area contributed by atoms with Crippen LogP contribution in [0, 0.1) is 27.7 Å². The largest absolute Gasteiger partial charge is 0.135 e. The number of fused-ring (bicyclic) bond motifs is 6. The molecule has 4 aromatic carbocycles. The topological polar surface area (TPSA) is 0 Å². The standard InChI is InChI=1S/2C14H10Br2S/c2*1-7-3-9-10-4-8(2)12(16)6-14(10)17-13(9)5-11(7)15/h2*3-6H,1-2H3. The highest BCUT2D eigenvalue weighted by molar-refractivity contribution is 9.11. The van der Waals surface area contributed by atoms with Gasteiger partial charge >= 0.3 is 0 Å². The Kier molecular flexibility index (Phi) is 7.04. The maximum absolute atomic E-state index is 3.60. The van der Waals surface area contributed by atoms with Gasteiger partial charge in [0, 0.05) is 58.2 Å². The quantitative estimate of drug-likeness (QED) is 0.146. The molecule has 6 heteroatoms. The molecule has 0 unspecified atom stereocenters. The van der Waals surface area contributed by atoms with Crippen molar-refractivity contribution in [3.05, 3.63) is 88.7 Å². The lowest BCUT2D eigenvalue weighted by molar-refractivity contribution is 1.46. The smallest absolute Gasteiger partial charge is 0.0366 e. The Morgan fingerprint density at radius 1 is 0.382 bits per heavy atom. The summed E-state index contributed by atoms with van der Waals surface area (Å²) in [4.78, 5) is 0. The lowest BCUT2D eigenvalue weighted by Crippen LogP contribution is -1.76. The van der Waals surface area contributed by atoms with Crippen LogP contribution in [0.25, 0.3) is 40.3 Å². The highest BCUT2D eigenvalue weighted by Gasteiger charge is 2.10. The number of thiophene rings is 2. The van der Waals surface area contributed by atoms with E-state index in [9.17, 15) is 0 Å². The van der Waals surface area contributed by atoms with Crippen molar-refractivity contribution in [3.8, 4) is 0 Å².